The van der Waals surface area contributed by atoms with Gasteiger partial charge in [-0.1, -0.05) is 0 Å². The van der Waals surface area contributed by atoms with Gasteiger partial charge in [-0.25, -0.2) is 0 Å². The SMILES string of the molecule is Cc1cc(=O)n(-c2ccc(Br)o2)[nH]1. The standard InChI is InChI=1S/C8H7BrN2O2/c1-5-4-7(12)11(10-5)8-3-2-6(9)13-8/h2-4,10H,1H3. The molecule has 4 nitrogen and oxygen atoms in total. The van der Waals surface area contributed by atoms with Crippen LogP contribution in [0.3, 0.4) is 0 Å². The summed E-state index contributed by atoms with van der Waals surface area (Å²) in [5, 5.41) is 2.86. The van der Waals surface area contributed by atoms with E-state index in [4.69, 9.17) is 4.42 Å². The van der Waals surface area contributed by atoms with Crippen LogP contribution in [0.2, 0.25) is 0 Å². The number of nitrogens with zero attached hydrogens (tertiary/aromatic N) is 1. The van der Waals surface area contributed by atoms with E-state index in [2.05, 4.69) is 21.0 Å². The fourth-order valence-electron chi connectivity index (χ4n) is 1.10. The van der Waals surface area contributed by atoms with Crippen LogP contribution in [0.15, 0.2) is 32.1 Å². The second-order valence-corrected chi connectivity index (χ2v) is 3.47. The molecular weight excluding hydrogens is 236 g/mol. The molecule has 0 aliphatic heterocycles. The number of nitrogens with one attached hydrogen (secondary N) is 1. The molecule has 2 heterocycles. The van der Waals surface area contributed by atoms with Gasteiger partial charge in [0.05, 0.1) is 0 Å². The predicted molar refractivity (Wildman–Crippen MR) is 51.1 cm³/mol. The van der Waals surface area contributed by atoms with Crippen LogP contribution in [-0.4, -0.2) is 9.78 Å². The van der Waals surface area contributed by atoms with Crippen molar-refractivity contribution < 1.29 is 4.42 Å². The first-order chi connectivity index (χ1) is 6.16. The normalized spacial score (nSPS) is 10.6. The number of hydrogen-bond donors (Lipinski definition) is 1. The molecule has 0 aromatic carbocycles. The van der Waals surface area contributed by atoms with Gasteiger partial charge in [-0.05, 0) is 28.9 Å². The third-order valence-corrected chi connectivity index (χ3v) is 2.05. The van der Waals surface area contributed by atoms with E-state index in [1.165, 1.54) is 10.7 Å². The molecule has 0 saturated heterocycles. The lowest BCUT2D eigenvalue weighted by atomic mass is 10.5. The molecule has 13 heavy (non-hydrogen) atoms. The molecule has 0 radical (unpaired) electrons. The van der Waals surface area contributed by atoms with Gasteiger partial charge in [0, 0.05) is 17.8 Å². The van der Waals surface area contributed by atoms with E-state index >= 15 is 0 Å². The van der Waals surface area contributed by atoms with Crippen LogP contribution in [0.1, 0.15) is 5.69 Å². The van der Waals surface area contributed by atoms with Gasteiger partial charge in [0.2, 0.25) is 5.88 Å². The first kappa shape index (κ1) is 8.37. The van der Waals surface area contributed by atoms with Crippen molar-refractivity contribution in [1.29, 1.82) is 0 Å². The Morgan fingerprint density at radius 2 is 2.31 bits per heavy atom. The fraction of sp³-hybridized carbons (Fsp3) is 0.125. The predicted octanol–water partition coefficient (Wildman–Crippen LogP) is 1.83. The Bertz CT molecular complexity index is 480. The van der Waals surface area contributed by atoms with E-state index in [1.54, 1.807) is 12.1 Å². The van der Waals surface area contributed by atoms with Gasteiger partial charge in [0.25, 0.3) is 5.56 Å². The maximum absolute atomic E-state index is 11.3. The molecule has 1 N–H and O–H groups in total. The van der Waals surface area contributed by atoms with E-state index in [0.29, 0.717) is 10.6 Å². The van der Waals surface area contributed by atoms with Crippen LogP contribution in [-0.2, 0) is 0 Å². The lowest BCUT2D eigenvalue weighted by Crippen LogP contribution is -2.12. The molecule has 0 aliphatic rings. The highest BCUT2D eigenvalue weighted by Gasteiger charge is 2.05. The molecule has 0 unspecified atom stereocenters. The van der Waals surface area contributed by atoms with Gasteiger partial charge in [-0.3, -0.25) is 9.89 Å². The highest BCUT2D eigenvalue weighted by Crippen LogP contribution is 2.15. The third kappa shape index (κ3) is 1.47. The molecule has 2 aromatic heterocycles. The number of aromatic amines is 1. The molecule has 0 spiro atoms. The molecule has 0 fully saturated rings. The van der Waals surface area contributed by atoms with Gasteiger partial charge in [0.15, 0.2) is 4.67 Å². The highest BCUT2D eigenvalue weighted by molar-refractivity contribution is 9.10. The lowest BCUT2D eigenvalue weighted by molar-refractivity contribution is 0.497. The first-order valence-electron chi connectivity index (χ1n) is 3.71. The van der Waals surface area contributed by atoms with Gasteiger partial charge in [-0.15, -0.1) is 0 Å². The van der Waals surface area contributed by atoms with Gasteiger partial charge in [-0.2, -0.15) is 4.68 Å². The smallest absolute Gasteiger partial charge is 0.274 e. The second kappa shape index (κ2) is 2.92. The number of H-pyrrole nitrogens is 1. The zero-order chi connectivity index (χ0) is 9.42. The Morgan fingerprint density at radius 1 is 1.54 bits per heavy atom. The number of halogens is 1. The average Bonchev–Trinajstić information content (AvgIpc) is 2.58. The Balaban J connectivity index is 2.58. The lowest BCUT2D eigenvalue weighted by Gasteiger charge is -1.93. The van der Waals surface area contributed by atoms with E-state index in [1.807, 2.05) is 6.92 Å². The van der Waals surface area contributed by atoms with Crippen LogP contribution >= 0.6 is 15.9 Å². The molecule has 0 amide bonds. The Kier molecular flexibility index (Phi) is 1.88. The van der Waals surface area contributed by atoms with Crippen LogP contribution in [0.4, 0.5) is 0 Å². The minimum atomic E-state index is -0.126. The summed E-state index contributed by atoms with van der Waals surface area (Å²) < 4.78 is 7.16. The van der Waals surface area contributed by atoms with E-state index in [9.17, 15) is 4.79 Å². The highest BCUT2D eigenvalue weighted by atomic mass is 79.9. The largest absolute Gasteiger partial charge is 0.432 e. The topological polar surface area (TPSA) is 50.9 Å². The summed E-state index contributed by atoms with van der Waals surface area (Å²) in [5.74, 6) is 0.477. The van der Waals surface area contributed by atoms with E-state index in [0.717, 1.165) is 5.69 Å². The van der Waals surface area contributed by atoms with Crippen molar-refractivity contribution in [3.8, 4) is 5.88 Å². The average molecular weight is 243 g/mol. The van der Waals surface area contributed by atoms with Crippen LogP contribution in [0.25, 0.3) is 5.88 Å². The zero-order valence-electron chi connectivity index (χ0n) is 6.87. The summed E-state index contributed by atoms with van der Waals surface area (Å²) >= 11 is 3.16. The van der Waals surface area contributed by atoms with Crippen molar-refractivity contribution in [2.45, 2.75) is 6.92 Å². The number of hydrogen-bond acceptors (Lipinski definition) is 2. The van der Waals surface area contributed by atoms with Gasteiger partial charge < -0.3 is 4.42 Å². The maximum Gasteiger partial charge on any atom is 0.274 e. The number of aromatic nitrogens is 2. The summed E-state index contributed by atoms with van der Waals surface area (Å²) in [7, 11) is 0. The summed E-state index contributed by atoms with van der Waals surface area (Å²) in [6.45, 7) is 1.82. The fourth-order valence-corrected chi connectivity index (χ4v) is 1.40. The Morgan fingerprint density at radius 3 is 2.77 bits per heavy atom. The van der Waals surface area contributed by atoms with E-state index < -0.39 is 0 Å². The molecular formula is C8H7BrN2O2. The minimum Gasteiger partial charge on any atom is -0.432 e. The van der Waals surface area contributed by atoms with Crippen LogP contribution < -0.4 is 5.56 Å². The number of rotatable bonds is 1. The Hall–Kier alpha value is -1.23. The van der Waals surface area contributed by atoms with Crippen LogP contribution in [0, 0.1) is 6.92 Å². The molecule has 0 bridgehead atoms. The number of aryl methyl sites for hydroxylation is 1. The molecule has 0 aliphatic carbocycles. The molecule has 68 valence electrons. The Labute approximate surface area is 82.3 Å². The van der Waals surface area contributed by atoms with Crippen molar-refractivity contribution in [3.05, 3.63) is 38.9 Å². The summed E-state index contributed by atoms with van der Waals surface area (Å²) in [6.07, 6.45) is 0. The third-order valence-electron chi connectivity index (χ3n) is 1.63. The molecule has 5 heteroatoms. The summed E-state index contributed by atoms with van der Waals surface area (Å²) in [4.78, 5) is 11.3. The van der Waals surface area contributed by atoms with Gasteiger partial charge in [0.1, 0.15) is 0 Å². The van der Waals surface area contributed by atoms with Crippen molar-refractivity contribution in [2.24, 2.45) is 0 Å². The molecule has 0 atom stereocenters. The first-order valence-corrected chi connectivity index (χ1v) is 4.50. The number of furan rings is 1. The zero-order valence-corrected chi connectivity index (χ0v) is 8.46. The van der Waals surface area contributed by atoms with Gasteiger partial charge >= 0.3 is 0 Å². The van der Waals surface area contributed by atoms with Crippen molar-refractivity contribution in [2.75, 3.05) is 0 Å². The van der Waals surface area contributed by atoms with Crippen molar-refractivity contribution in [3.63, 3.8) is 0 Å². The minimum absolute atomic E-state index is 0.126. The second-order valence-electron chi connectivity index (χ2n) is 2.69. The van der Waals surface area contributed by atoms with Crippen LogP contribution in [0.5, 0.6) is 0 Å². The summed E-state index contributed by atoms with van der Waals surface area (Å²) in [5.41, 5.74) is 0.678. The molecule has 0 saturated carbocycles. The monoisotopic (exact) mass is 242 g/mol. The van der Waals surface area contributed by atoms with Crippen molar-refractivity contribution >= 4 is 15.9 Å². The molecule has 2 aromatic rings. The van der Waals surface area contributed by atoms with E-state index in [-0.39, 0.29) is 5.56 Å². The maximum atomic E-state index is 11.3. The van der Waals surface area contributed by atoms with Crippen molar-refractivity contribution in [1.82, 2.24) is 9.78 Å². The summed E-state index contributed by atoms with van der Waals surface area (Å²) in [6, 6.07) is 4.95. The molecule has 2 rings (SSSR count). The quantitative estimate of drug-likeness (QED) is 0.830.